The van der Waals surface area contributed by atoms with Gasteiger partial charge in [0.1, 0.15) is 12.3 Å². The van der Waals surface area contributed by atoms with Crippen molar-refractivity contribution in [3.05, 3.63) is 607 Å². The Bertz CT molecular complexity index is 5330. The summed E-state index contributed by atoms with van der Waals surface area (Å²) in [6.07, 6.45) is 8.72. The molecule has 0 atom stereocenters. The Morgan fingerprint density at radius 3 is 0.254 bits per heavy atom. The van der Waals surface area contributed by atoms with E-state index in [1.165, 1.54) is 164 Å². The van der Waals surface area contributed by atoms with Gasteiger partial charge in [-0.15, -0.1) is 0 Å². The van der Waals surface area contributed by atoms with Crippen LogP contribution in [0.1, 0.15) is 19.3 Å². The second-order valence-corrected chi connectivity index (χ2v) is 48.0. The molecule has 0 amide bonds. The van der Waals surface area contributed by atoms with Gasteiger partial charge in [0.15, 0.2) is 0 Å². The van der Waals surface area contributed by atoms with E-state index in [1.54, 1.807) is 0 Å². The molecule has 0 aliphatic rings. The summed E-state index contributed by atoms with van der Waals surface area (Å²) < 4.78 is 0. The van der Waals surface area contributed by atoms with Crippen molar-refractivity contribution in [2.24, 2.45) is 0 Å². The summed E-state index contributed by atoms with van der Waals surface area (Å²) in [7, 11) is -1.85. The summed E-state index contributed by atoms with van der Waals surface area (Å²) >= 11 is 0. The van der Waals surface area contributed by atoms with E-state index in [0.29, 0.717) is 0 Å². The number of hydrogen-bond donors (Lipinski definition) is 0. The van der Waals surface area contributed by atoms with Gasteiger partial charge < -0.3 is 34.1 Å². The van der Waals surface area contributed by atoms with E-state index in [1.807, 2.05) is 0 Å². The molecule has 0 unspecified atom stereocenters. The van der Waals surface area contributed by atoms with Crippen LogP contribution in [0.4, 0.5) is 0 Å². The van der Waals surface area contributed by atoms with E-state index in [9.17, 15) is 0 Å². The van der Waals surface area contributed by atoms with Crippen LogP contribution >= 0.6 is 47.5 Å². The maximum Gasteiger partial charge on any atom is 2.00 e. The Labute approximate surface area is 916 Å². The summed E-state index contributed by atoms with van der Waals surface area (Å²) in [5, 5.41) is 17.8. The molecular formula is C129H118B2P6Pd3Se2. The quantitative estimate of drug-likeness (QED) is 0.0291. The molecule has 0 N–H and O–H groups in total. The van der Waals surface area contributed by atoms with Gasteiger partial charge in [-0.1, -0.05) is 607 Å². The van der Waals surface area contributed by atoms with Crippen LogP contribution in [0.2, 0.25) is 0 Å². The fourth-order valence-electron chi connectivity index (χ4n) is 19.1. The zero-order chi connectivity index (χ0) is 93.1. The van der Waals surface area contributed by atoms with Gasteiger partial charge in [-0.25, -0.2) is 0 Å². The third kappa shape index (κ3) is 31.1. The number of rotatable bonds is 32. The first-order valence-corrected chi connectivity index (χ1v) is 57.3. The van der Waals surface area contributed by atoms with E-state index in [2.05, 4.69) is 607 Å². The smallest absolute Gasteiger partial charge is 2.00 e. The van der Waals surface area contributed by atoms with Gasteiger partial charge in [0.25, 0.3) is 0 Å². The van der Waals surface area contributed by atoms with Crippen molar-refractivity contribution >= 4 is 201 Å². The average molecular weight is 2350 g/mol. The maximum absolute atomic E-state index is 2.30. The molecule has 0 aromatic heterocycles. The monoisotopic (exact) mass is 2350 g/mol. The molecule has 0 nitrogen and oxygen atoms in total. The van der Waals surface area contributed by atoms with Crippen LogP contribution < -0.4 is 107 Å². The van der Waals surface area contributed by atoms with Gasteiger partial charge in [-0.2, -0.15) is 43.7 Å². The van der Waals surface area contributed by atoms with Gasteiger partial charge in [0, 0.05) is 0 Å². The largest absolute Gasteiger partial charge is 2.00 e. The molecule has 0 radical (unpaired) electrons. The molecule has 712 valence electrons. The minimum Gasteiger partial charge on any atom is -2.00 e. The SMILES string of the molecule is [Pd+2].[Pd+2].[Pd+2].[Se-2].[Se-2].c1ccc(P(CCCP(c2ccccc2)c2ccccc2)c2ccccc2)cc1.c1ccc(P(CCCP(c2ccccc2)c2ccccc2)c2ccccc2)cc1.c1ccc(P(CCCP(c2ccccc2)c2ccccc2)c2ccccc2)cc1.c1ccc([B-](c2ccccc2)(c2ccccc2)c2ccccc2)cc1.c1ccc([B-](c2ccccc2)(c2ccccc2)c2ccccc2)cc1. The zero-order valence-electron chi connectivity index (χ0n) is 79.7. The van der Waals surface area contributed by atoms with E-state index in [4.69, 9.17) is 0 Å². The molecule has 20 aromatic carbocycles. The van der Waals surface area contributed by atoms with E-state index in [0.717, 1.165) is 0 Å². The minimum absolute atomic E-state index is 0. The van der Waals surface area contributed by atoms with Crippen LogP contribution in [0.3, 0.4) is 0 Å². The van der Waals surface area contributed by atoms with Crippen LogP contribution in [0.15, 0.2) is 607 Å². The molecule has 0 aliphatic heterocycles. The summed E-state index contributed by atoms with van der Waals surface area (Å²) in [6.45, 7) is 0. The van der Waals surface area contributed by atoms with E-state index >= 15 is 0 Å². The summed E-state index contributed by atoms with van der Waals surface area (Å²) in [5.41, 5.74) is 10.7. The first-order valence-electron chi connectivity index (χ1n) is 48.1. The van der Waals surface area contributed by atoms with Crippen LogP contribution in [-0.2, 0) is 61.3 Å². The van der Waals surface area contributed by atoms with Crippen LogP contribution in [0.5, 0.6) is 0 Å². The topological polar surface area (TPSA) is 0 Å². The van der Waals surface area contributed by atoms with E-state index < -0.39 is 12.3 Å². The molecule has 20 rings (SSSR count). The molecule has 0 aliphatic carbocycles. The van der Waals surface area contributed by atoms with Gasteiger partial charge in [-0.05, 0) is 167 Å². The zero-order valence-corrected chi connectivity index (χ0v) is 93.2. The third-order valence-corrected chi connectivity index (χ3v) is 41.1. The Morgan fingerprint density at radius 2 is 0.176 bits per heavy atom. The molecule has 0 heterocycles. The van der Waals surface area contributed by atoms with Crippen molar-refractivity contribution < 1.29 is 61.3 Å². The first kappa shape index (κ1) is 112. The molecule has 0 saturated heterocycles. The second-order valence-electron chi connectivity index (χ2n) is 34.0. The number of benzene rings is 20. The van der Waals surface area contributed by atoms with Gasteiger partial charge in [-0.3, -0.25) is 0 Å². The fraction of sp³-hybridized carbons (Fsp3) is 0.0698. The standard InChI is InChI=1S/3C27H26P2.2C24H20B.3Pd.2Se/c3*1-5-14-24(15-6-1)28(25-16-7-2-8-17-25)22-13-23-29(26-18-9-3-10-19-26)27-20-11-4-12-21-27;2*1-5-13-21(14-6-1)25(22-15-7-2-8-16-22,23-17-9-3-10-18-23)24-19-11-4-12-20-24;;;;;/h3*1-12,14-21H,13,22-23H2;2*1-20H;;;;;/q;;;2*-1;3*+2;2*-2. The number of hydrogen-bond acceptors (Lipinski definition) is 0. The maximum atomic E-state index is 2.30. The Balaban J connectivity index is 0.000000168. The van der Waals surface area contributed by atoms with E-state index in [-0.39, 0.29) is 143 Å². The molecule has 0 saturated carbocycles. The van der Waals surface area contributed by atoms with Crippen LogP contribution in [0.25, 0.3) is 0 Å². The molecule has 142 heavy (non-hydrogen) atoms. The fourth-order valence-corrected chi connectivity index (χ4v) is 34.0. The molecule has 20 aromatic rings. The predicted octanol–water partition coefficient (Wildman–Crippen LogP) is 22.3. The van der Waals surface area contributed by atoms with Crippen LogP contribution in [0, 0.1) is 0 Å². The summed E-state index contributed by atoms with van der Waals surface area (Å²) in [4.78, 5) is 0. The molecule has 0 bridgehead atoms. The molecule has 0 fully saturated rings. The Morgan fingerprint density at radius 1 is 0.106 bits per heavy atom. The van der Waals surface area contributed by atoms with Crippen molar-refractivity contribution in [3.8, 4) is 0 Å². The predicted molar refractivity (Wildman–Crippen MR) is 629 cm³/mol. The summed E-state index contributed by atoms with van der Waals surface area (Å²) in [5.74, 6) is 0. The molecule has 13 heteroatoms. The average Bonchev–Trinajstić information content (AvgIpc) is 0.739. The molecule has 0 spiro atoms. The van der Waals surface area contributed by atoms with Gasteiger partial charge in [0.2, 0.25) is 0 Å². The van der Waals surface area contributed by atoms with Crippen molar-refractivity contribution in [1.29, 1.82) is 0 Å². The van der Waals surface area contributed by atoms with Crippen molar-refractivity contribution in [2.45, 2.75) is 19.3 Å². The van der Waals surface area contributed by atoms with Gasteiger partial charge >= 0.3 is 61.3 Å². The Kier molecular flexibility index (Phi) is 49.2. The van der Waals surface area contributed by atoms with Crippen molar-refractivity contribution in [1.82, 2.24) is 0 Å². The Hall–Kier alpha value is -9.86. The minimum atomic E-state index is -1.22. The second kappa shape index (κ2) is 62.1. The van der Waals surface area contributed by atoms with Crippen molar-refractivity contribution in [2.75, 3.05) is 37.0 Å². The third-order valence-electron chi connectivity index (χ3n) is 25.5. The summed E-state index contributed by atoms with van der Waals surface area (Å²) in [6, 6.07) is 220. The normalized spacial score (nSPS) is 10.7. The van der Waals surface area contributed by atoms with Crippen LogP contribution in [-0.4, -0.2) is 83.4 Å². The molecular weight excluding hydrogens is 2230 g/mol. The van der Waals surface area contributed by atoms with Crippen molar-refractivity contribution in [3.63, 3.8) is 0 Å². The first-order chi connectivity index (χ1) is 68.1. The van der Waals surface area contributed by atoms with Gasteiger partial charge in [0.05, 0.1) is 0 Å².